The standard InChI is InChI=1S/C32H18F10O/c33-25-13-18(17-4-2-1-3-5-17)6-8-22(25)20-15-27(35)29(28(36)16-20)32(41,42)43-21-7-9-23-19(12-21)14-26(34)24(30(23)37)10-11-31(38,39)40/h4,6-9,12-16H,1-3,5H2. The molecule has 0 atom stereocenters. The van der Waals surface area contributed by atoms with Gasteiger partial charge in [0.25, 0.3) is 0 Å². The van der Waals surface area contributed by atoms with Gasteiger partial charge in [0.15, 0.2) is 0 Å². The van der Waals surface area contributed by atoms with Gasteiger partial charge in [0.1, 0.15) is 40.4 Å². The zero-order valence-electron chi connectivity index (χ0n) is 21.8. The first-order chi connectivity index (χ1) is 20.2. The zero-order valence-corrected chi connectivity index (χ0v) is 21.8. The third-order valence-corrected chi connectivity index (χ3v) is 6.85. The lowest BCUT2D eigenvalue weighted by molar-refractivity contribution is -0.189. The van der Waals surface area contributed by atoms with Crippen molar-refractivity contribution >= 4 is 16.3 Å². The zero-order chi connectivity index (χ0) is 31.1. The van der Waals surface area contributed by atoms with E-state index in [4.69, 9.17) is 0 Å². The third kappa shape index (κ3) is 6.33. The topological polar surface area (TPSA) is 9.23 Å². The fraction of sp³-hybridized carbons (Fsp3) is 0.188. The molecule has 4 aromatic rings. The van der Waals surface area contributed by atoms with Crippen LogP contribution in [0.25, 0.3) is 27.5 Å². The van der Waals surface area contributed by atoms with Crippen molar-refractivity contribution in [2.45, 2.75) is 38.0 Å². The Hall–Kier alpha value is -4.46. The number of benzene rings is 4. The molecule has 43 heavy (non-hydrogen) atoms. The lowest BCUT2D eigenvalue weighted by atomic mass is 9.92. The first-order valence-electron chi connectivity index (χ1n) is 12.8. The van der Waals surface area contributed by atoms with Crippen LogP contribution in [-0.2, 0) is 6.11 Å². The molecule has 1 aliphatic carbocycles. The fourth-order valence-electron chi connectivity index (χ4n) is 4.87. The van der Waals surface area contributed by atoms with Crippen LogP contribution in [0.2, 0.25) is 0 Å². The molecule has 0 radical (unpaired) electrons. The van der Waals surface area contributed by atoms with Crippen LogP contribution in [0.15, 0.2) is 60.7 Å². The first kappa shape index (κ1) is 30.0. The number of halogens is 10. The molecule has 0 unspecified atom stereocenters. The quantitative estimate of drug-likeness (QED) is 0.162. The van der Waals surface area contributed by atoms with Crippen LogP contribution in [-0.4, -0.2) is 6.18 Å². The van der Waals surface area contributed by atoms with E-state index in [0.29, 0.717) is 29.8 Å². The summed E-state index contributed by atoms with van der Waals surface area (Å²) in [7, 11) is 0. The molecule has 1 nitrogen and oxygen atoms in total. The lowest BCUT2D eigenvalue weighted by Gasteiger charge is -2.20. The molecule has 0 bridgehead atoms. The van der Waals surface area contributed by atoms with Gasteiger partial charge in [-0.3, -0.25) is 0 Å². The summed E-state index contributed by atoms with van der Waals surface area (Å²) in [5, 5.41) is -0.877. The molecule has 5 rings (SSSR count). The van der Waals surface area contributed by atoms with Crippen molar-refractivity contribution in [3.8, 4) is 28.7 Å². The van der Waals surface area contributed by atoms with E-state index in [-0.39, 0.29) is 11.1 Å². The molecule has 0 saturated carbocycles. The second-order valence-electron chi connectivity index (χ2n) is 9.78. The molecule has 0 aromatic heterocycles. The van der Waals surface area contributed by atoms with E-state index in [2.05, 4.69) is 4.74 Å². The van der Waals surface area contributed by atoms with Crippen molar-refractivity contribution in [2.24, 2.45) is 0 Å². The summed E-state index contributed by atoms with van der Waals surface area (Å²) < 4.78 is 145. The number of ether oxygens (including phenoxy) is 1. The highest BCUT2D eigenvalue weighted by Crippen LogP contribution is 2.39. The second-order valence-corrected chi connectivity index (χ2v) is 9.78. The maximum Gasteiger partial charge on any atom is 0.458 e. The van der Waals surface area contributed by atoms with E-state index >= 15 is 8.78 Å². The molecule has 1 aliphatic rings. The van der Waals surface area contributed by atoms with Crippen LogP contribution in [0.5, 0.6) is 5.75 Å². The van der Waals surface area contributed by atoms with Crippen LogP contribution < -0.4 is 4.74 Å². The Morgan fingerprint density at radius 1 is 0.698 bits per heavy atom. The minimum atomic E-state index is -5.02. The third-order valence-electron chi connectivity index (χ3n) is 6.85. The minimum Gasteiger partial charge on any atom is -0.429 e. The van der Waals surface area contributed by atoms with Crippen molar-refractivity contribution < 1.29 is 48.6 Å². The van der Waals surface area contributed by atoms with E-state index in [1.807, 2.05) is 6.08 Å². The van der Waals surface area contributed by atoms with E-state index in [0.717, 1.165) is 49.3 Å². The van der Waals surface area contributed by atoms with Gasteiger partial charge in [-0.15, -0.1) is 0 Å². The summed E-state index contributed by atoms with van der Waals surface area (Å²) in [5.41, 5.74) is -1.99. The second kappa shape index (κ2) is 11.3. The summed E-state index contributed by atoms with van der Waals surface area (Å²) in [6.07, 6.45) is -4.12. The first-order valence-corrected chi connectivity index (χ1v) is 12.8. The van der Waals surface area contributed by atoms with Gasteiger partial charge in [-0.2, -0.15) is 22.0 Å². The summed E-state index contributed by atoms with van der Waals surface area (Å²) in [6, 6.07) is 7.96. The fourth-order valence-corrected chi connectivity index (χ4v) is 4.87. The number of fused-ring (bicyclic) bond motifs is 1. The highest BCUT2D eigenvalue weighted by atomic mass is 19.4. The Balaban J connectivity index is 1.44. The molecule has 222 valence electrons. The Kier molecular flexibility index (Phi) is 7.90. The summed E-state index contributed by atoms with van der Waals surface area (Å²) >= 11 is 0. The van der Waals surface area contributed by atoms with Crippen LogP contribution in [0.1, 0.15) is 42.4 Å². The largest absolute Gasteiger partial charge is 0.458 e. The monoisotopic (exact) mass is 608 g/mol. The Labute approximate surface area is 238 Å². The summed E-state index contributed by atoms with van der Waals surface area (Å²) in [6.45, 7) is 0. The van der Waals surface area contributed by atoms with Gasteiger partial charge < -0.3 is 4.74 Å². The molecule has 0 fully saturated rings. The van der Waals surface area contributed by atoms with Gasteiger partial charge in [0.05, 0.1) is 5.56 Å². The van der Waals surface area contributed by atoms with E-state index in [9.17, 15) is 35.1 Å². The molecule has 0 amide bonds. The van der Waals surface area contributed by atoms with Gasteiger partial charge in [0, 0.05) is 16.9 Å². The SMILES string of the molecule is Fc1cc(C2=CCCCC2)ccc1-c1cc(F)c(C(F)(F)Oc2ccc3c(F)c(C#CC(F)(F)F)c(F)cc3c2)c(F)c1. The van der Waals surface area contributed by atoms with E-state index in [1.54, 1.807) is 6.07 Å². The molecule has 11 heteroatoms. The number of hydrogen-bond donors (Lipinski definition) is 0. The molecule has 0 N–H and O–H groups in total. The van der Waals surface area contributed by atoms with Gasteiger partial charge in [0.2, 0.25) is 0 Å². The Morgan fingerprint density at radius 2 is 1.40 bits per heavy atom. The predicted molar refractivity (Wildman–Crippen MR) is 140 cm³/mol. The molecular formula is C32H18F10O. The van der Waals surface area contributed by atoms with Gasteiger partial charge in [-0.1, -0.05) is 24.1 Å². The van der Waals surface area contributed by atoms with Gasteiger partial charge >= 0.3 is 12.3 Å². The maximum absolute atomic E-state index is 15.0. The average molecular weight is 608 g/mol. The predicted octanol–water partition coefficient (Wildman–Crippen LogP) is 10.2. The minimum absolute atomic E-state index is 0.216. The van der Waals surface area contributed by atoms with Crippen molar-refractivity contribution in [1.29, 1.82) is 0 Å². The van der Waals surface area contributed by atoms with Crippen molar-refractivity contribution in [3.63, 3.8) is 0 Å². The Bertz CT molecular complexity index is 1800. The molecule has 0 saturated heterocycles. The van der Waals surface area contributed by atoms with Crippen LogP contribution in [0.4, 0.5) is 43.9 Å². The van der Waals surface area contributed by atoms with Crippen LogP contribution >= 0.6 is 0 Å². The highest BCUT2D eigenvalue weighted by Gasteiger charge is 2.41. The van der Waals surface area contributed by atoms with Gasteiger partial charge in [-0.25, -0.2) is 22.0 Å². The smallest absolute Gasteiger partial charge is 0.429 e. The van der Waals surface area contributed by atoms with E-state index in [1.165, 1.54) is 18.1 Å². The number of allylic oxidation sites excluding steroid dienone is 2. The summed E-state index contributed by atoms with van der Waals surface area (Å²) in [5.74, 6) is -5.96. The van der Waals surface area contributed by atoms with E-state index < -0.39 is 69.0 Å². The highest BCUT2D eigenvalue weighted by molar-refractivity contribution is 5.86. The lowest BCUT2D eigenvalue weighted by Crippen LogP contribution is -2.25. The number of rotatable bonds is 5. The molecular weight excluding hydrogens is 590 g/mol. The molecule has 4 aromatic carbocycles. The molecule has 0 spiro atoms. The normalized spacial score (nSPS) is 13.9. The van der Waals surface area contributed by atoms with Crippen LogP contribution in [0, 0.1) is 40.9 Å². The molecule has 0 aliphatic heterocycles. The maximum atomic E-state index is 15.0. The van der Waals surface area contributed by atoms with Crippen molar-refractivity contribution in [1.82, 2.24) is 0 Å². The Morgan fingerprint density at radius 3 is 2.02 bits per heavy atom. The van der Waals surface area contributed by atoms with Crippen molar-refractivity contribution in [2.75, 3.05) is 0 Å². The molecule has 0 heterocycles. The number of alkyl halides is 5. The van der Waals surface area contributed by atoms with Crippen LogP contribution in [0.3, 0.4) is 0 Å². The number of hydrogen-bond acceptors (Lipinski definition) is 1. The van der Waals surface area contributed by atoms with Gasteiger partial charge in [-0.05, 0) is 90.2 Å². The summed E-state index contributed by atoms with van der Waals surface area (Å²) in [4.78, 5) is 0. The average Bonchev–Trinajstić information content (AvgIpc) is 2.91. The van der Waals surface area contributed by atoms with Crippen molar-refractivity contribution in [3.05, 3.63) is 106 Å².